The molecule has 202 valence electrons. The first-order chi connectivity index (χ1) is 18.0. The predicted octanol–water partition coefficient (Wildman–Crippen LogP) is 5.19. The molecule has 1 aliphatic carbocycles. The first kappa shape index (κ1) is 25.7. The van der Waals surface area contributed by atoms with Crippen molar-refractivity contribution in [1.29, 1.82) is 0 Å². The molecule has 3 aromatic rings. The summed E-state index contributed by atoms with van der Waals surface area (Å²) in [7, 11) is 1.37. The van der Waals surface area contributed by atoms with Gasteiger partial charge in [-0.25, -0.2) is 9.78 Å². The summed E-state index contributed by atoms with van der Waals surface area (Å²) < 4.78 is 44.1. The van der Waals surface area contributed by atoms with E-state index in [4.69, 9.17) is 14.2 Å². The van der Waals surface area contributed by atoms with Crippen LogP contribution in [0, 0.1) is 0 Å². The van der Waals surface area contributed by atoms with Gasteiger partial charge in [0.15, 0.2) is 0 Å². The summed E-state index contributed by atoms with van der Waals surface area (Å²) in [6.45, 7) is 2.98. The highest BCUT2D eigenvalue weighted by atomic mass is 19.3. The quantitative estimate of drug-likeness (QED) is 0.454. The Morgan fingerprint density at radius 3 is 2.47 bits per heavy atom. The largest absolute Gasteiger partial charge is 0.496 e. The van der Waals surface area contributed by atoms with Crippen LogP contribution in [0.4, 0.5) is 13.6 Å². The van der Waals surface area contributed by atoms with Crippen molar-refractivity contribution in [2.75, 3.05) is 13.7 Å². The van der Waals surface area contributed by atoms with Gasteiger partial charge in [0.1, 0.15) is 28.3 Å². The summed E-state index contributed by atoms with van der Waals surface area (Å²) in [5.74, 6) is -0.684. The summed E-state index contributed by atoms with van der Waals surface area (Å²) in [4.78, 5) is 31.5. The van der Waals surface area contributed by atoms with E-state index in [1.54, 1.807) is 21.6 Å². The number of amides is 2. The minimum Gasteiger partial charge on any atom is -0.496 e. The lowest BCUT2D eigenvalue weighted by Crippen LogP contribution is -2.47. The number of pyridine rings is 1. The number of imidazole rings is 1. The van der Waals surface area contributed by atoms with Gasteiger partial charge in [0.05, 0.1) is 25.0 Å². The number of rotatable bonds is 7. The predicted molar refractivity (Wildman–Crippen MR) is 135 cm³/mol. The molecule has 2 fully saturated rings. The Kier molecular flexibility index (Phi) is 6.62. The number of nitrogens with zero attached hydrogens (tertiary/aromatic N) is 3. The fourth-order valence-electron chi connectivity index (χ4n) is 4.49. The third-order valence-electron chi connectivity index (χ3n) is 6.51. The molecule has 2 amide bonds. The Morgan fingerprint density at radius 2 is 1.87 bits per heavy atom. The molecule has 3 heterocycles. The van der Waals surface area contributed by atoms with Gasteiger partial charge in [-0.15, -0.1) is 0 Å². The van der Waals surface area contributed by atoms with Gasteiger partial charge in [-0.3, -0.25) is 9.20 Å². The van der Waals surface area contributed by atoms with Crippen LogP contribution in [0.5, 0.6) is 11.5 Å². The van der Waals surface area contributed by atoms with Crippen LogP contribution < -0.4 is 14.8 Å². The Morgan fingerprint density at radius 1 is 1.13 bits per heavy atom. The van der Waals surface area contributed by atoms with Crippen LogP contribution in [0.25, 0.3) is 16.9 Å². The van der Waals surface area contributed by atoms with Gasteiger partial charge in [0, 0.05) is 24.3 Å². The van der Waals surface area contributed by atoms with Gasteiger partial charge in [-0.1, -0.05) is 0 Å². The number of fused-ring (bicyclic) bond motifs is 1. The Balaban J connectivity index is 1.47. The lowest BCUT2D eigenvalue weighted by molar-refractivity contribution is -0.0502. The van der Waals surface area contributed by atoms with E-state index in [2.05, 4.69) is 10.3 Å². The molecule has 1 atom stereocenters. The first-order valence-electron chi connectivity index (χ1n) is 12.5. The molecule has 9 nitrogen and oxygen atoms in total. The molecule has 2 aliphatic rings. The highest BCUT2D eigenvalue weighted by Gasteiger charge is 2.36. The molecule has 0 bridgehead atoms. The topological polar surface area (TPSA) is 94.4 Å². The van der Waals surface area contributed by atoms with Crippen molar-refractivity contribution in [3.05, 3.63) is 47.8 Å². The molecule has 1 saturated carbocycles. The number of ether oxygens (including phenoxy) is 3. The van der Waals surface area contributed by atoms with Crippen molar-refractivity contribution < 1.29 is 32.6 Å². The number of hydrogen-bond donors (Lipinski definition) is 1. The average molecular weight is 529 g/mol. The fraction of sp³-hybridized carbons (Fsp3) is 0.444. The third-order valence-corrected chi connectivity index (χ3v) is 6.51. The maximum atomic E-state index is 13.3. The second kappa shape index (κ2) is 9.77. The van der Waals surface area contributed by atoms with E-state index < -0.39 is 18.1 Å². The molecule has 1 unspecified atom stereocenters. The number of carbonyl (C=O) groups is 2. The number of methoxy groups -OCH3 is 1. The number of aromatic nitrogens is 2. The Hall–Kier alpha value is -3.89. The normalized spacial score (nSPS) is 17.3. The van der Waals surface area contributed by atoms with Crippen molar-refractivity contribution >= 4 is 17.6 Å². The molecule has 0 spiro atoms. The number of likely N-dealkylation sites (tertiary alicyclic amines) is 1. The van der Waals surface area contributed by atoms with Crippen LogP contribution in [0.15, 0.2) is 36.7 Å². The number of alkyl halides is 2. The van der Waals surface area contributed by atoms with Crippen LogP contribution in [-0.2, 0) is 4.74 Å². The number of benzene rings is 1. The van der Waals surface area contributed by atoms with E-state index in [1.165, 1.54) is 13.2 Å². The van der Waals surface area contributed by atoms with E-state index >= 15 is 0 Å². The zero-order chi connectivity index (χ0) is 27.2. The molecule has 1 N–H and O–H groups in total. The average Bonchev–Trinajstić information content (AvgIpc) is 3.51. The van der Waals surface area contributed by atoms with E-state index in [9.17, 15) is 18.4 Å². The molecular weight excluding hydrogens is 498 g/mol. The van der Waals surface area contributed by atoms with Crippen LogP contribution in [-0.4, -0.2) is 58.2 Å². The van der Waals surface area contributed by atoms with Crippen LogP contribution >= 0.6 is 0 Å². The fourth-order valence-corrected chi connectivity index (χ4v) is 4.49. The van der Waals surface area contributed by atoms with E-state index in [1.807, 2.05) is 39.1 Å². The molecule has 1 saturated heterocycles. The van der Waals surface area contributed by atoms with Crippen molar-refractivity contribution in [2.24, 2.45) is 0 Å². The maximum absolute atomic E-state index is 13.3. The lowest BCUT2D eigenvalue weighted by atomic mass is 9.96. The van der Waals surface area contributed by atoms with Gasteiger partial charge >= 0.3 is 12.7 Å². The van der Waals surface area contributed by atoms with Crippen molar-refractivity contribution in [1.82, 2.24) is 19.6 Å². The smallest absolute Gasteiger partial charge is 0.410 e. The van der Waals surface area contributed by atoms with Gasteiger partial charge in [-0.05, 0) is 69.9 Å². The lowest BCUT2D eigenvalue weighted by Gasteiger charge is -2.41. The molecule has 38 heavy (non-hydrogen) atoms. The van der Waals surface area contributed by atoms with E-state index in [-0.39, 0.29) is 35.2 Å². The third kappa shape index (κ3) is 5.23. The minimum absolute atomic E-state index is 0.0289. The summed E-state index contributed by atoms with van der Waals surface area (Å²) in [5, 5.41) is 2.80. The van der Waals surface area contributed by atoms with Crippen molar-refractivity contribution in [2.45, 2.75) is 64.3 Å². The number of halogens is 2. The molecule has 1 aliphatic heterocycles. The van der Waals surface area contributed by atoms with Gasteiger partial charge in [0.25, 0.3) is 5.91 Å². The first-order valence-corrected chi connectivity index (χ1v) is 12.5. The van der Waals surface area contributed by atoms with Gasteiger partial charge in [0.2, 0.25) is 0 Å². The Bertz CT molecular complexity index is 1380. The van der Waals surface area contributed by atoms with Gasteiger partial charge < -0.3 is 24.4 Å². The van der Waals surface area contributed by atoms with Crippen molar-refractivity contribution in [3.63, 3.8) is 0 Å². The molecule has 0 radical (unpaired) electrons. The summed E-state index contributed by atoms with van der Waals surface area (Å²) >= 11 is 0. The SMILES string of the molecule is COc1cc(-c2cnc3cc(C4CCN4C(=O)OC(C)(C)C)ccn23)cc(OC(F)F)c1C(=O)NC1CC1. The molecule has 11 heteroatoms. The minimum atomic E-state index is -3.12. The highest BCUT2D eigenvalue weighted by Crippen LogP contribution is 2.38. The summed E-state index contributed by atoms with van der Waals surface area (Å²) in [5.41, 5.74) is 1.95. The zero-order valence-corrected chi connectivity index (χ0v) is 21.7. The number of carbonyl (C=O) groups excluding carboxylic acids is 2. The van der Waals surface area contributed by atoms with Crippen LogP contribution in [0.1, 0.15) is 62.0 Å². The molecule has 1 aromatic carbocycles. The standard InChI is InChI=1S/C27H30F2N4O5/c1-27(2,3)38-26(35)33-10-8-18(33)15-7-9-32-19(14-30-22(32)13-15)16-11-20(36-4)23(21(12-16)37-25(28)29)24(34)31-17-5-6-17/h7,9,11-14,17-18,25H,5-6,8,10H2,1-4H3,(H,31,34). The molecule has 2 aromatic heterocycles. The monoisotopic (exact) mass is 528 g/mol. The van der Waals surface area contributed by atoms with Crippen molar-refractivity contribution in [3.8, 4) is 22.8 Å². The zero-order valence-electron chi connectivity index (χ0n) is 21.7. The van der Waals surface area contributed by atoms with Gasteiger partial charge in [-0.2, -0.15) is 8.78 Å². The number of nitrogens with one attached hydrogen (secondary N) is 1. The van der Waals surface area contributed by atoms with E-state index in [0.29, 0.717) is 23.4 Å². The van der Waals surface area contributed by atoms with Crippen LogP contribution in [0.2, 0.25) is 0 Å². The summed E-state index contributed by atoms with van der Waals surface area (Å²) in [6, 6.07) is 6.68. The number of hydrogen-bond acceptors (Lipinski definition) is 6. The Labute approximate surface area is 218 Å². The molecule has 5 rings (SSSR count). The van der Waals surface area contributed by atoms with E-state index in [0.717, 1.165) is 24.8 Å². The maximum Gasteiger partial charge on any atom is 0.410 e. The highest BCUT2D eigenvalue weighted by molar-refractivity contribution is 6.01. The van der Waals surface area contributed by atoms with Crippen LogP contribution in [0.3, 0.4) is 0 Å². The second-order valence-corrected chi connectivity index (χ2v) is 10.5. The summed E-state index contributed by atoms with van der Waals surface area (Å²) in [6.07, 6.45) is 5.55. The molecular formula is C27H30F2N4O5. The second-order valence-electron chi connectivity index (χ2n) is 10.5.